The number of aliphatic hydroxyl groups is 1. The van der Waals surface area contributed by atoms with Crippen molar-refractivity contribution < 1.29 is 14.3 Å². The molecule has 0 spiro atoms. The number of rotatable bonds is 3. The van der Waals surface area contributed by atoms with Crippen LogP contribution in [0.3, 0.4) is 0 Å². The van der Waals surface area contributed by atoms with Crippen molar-refractivity contribution in [1.82, 2.24) is 14.9 Å². The Morgan fingerprint density at radius 2 is 2.14 bits per heavy atom. The smallest absolute Gasteiger partial charge is 0.256 e. The Balaban J connectivity index is 1.82. The van der Waals surface area contributed by atoms with Crippen LogP contribution in [-0.4, -0.2) is 45.6 Å². The molecule has 0 radical (unpaired) electrons. The van der Waals surface area contributed by atoms with Crippen LogP contribution in [0.1, 0.15) is 36.0 Å². The van der Waals surface area contributed by atoms with Gasteiger partial charge in [-0.05, 0) is 43.7 Å². The maximum absolute atomic E-state index is 13.7. The van der Waals surface area contributed by atoms with Crippen LogP contribution in [0.4, 0.5) is 4.39 Å². The summed E-state index contributed by atoms with van der Waals surface area (Å²) >= 11 is 0. The van der Waals surface area contributed by atoms with Crippen molar-refractivity contribution in [3.05, 3.63) is 29.8 Å². The number of nitrogens with zero attached hydrogens (tertiary/aromatic N) is 2. The van der Waals surface area contributed by atoms with Gasteiger partial charge in [-0.15, -0.1) is 0 Å². The van der Waals surface area contributed by atoms with E-state index in [1.54, 1.807) is 11.9 Å². The zero-order valence-corrected chi connectivity index (χ0v) is 12.6. The van der Waals surface area contributed by atoms with Gasteiger partial charge < -0.3 is 15.0 Å². The fourth-order valence-corrected chi connectivity index (χ4v) is 3.25. The van der Waals surface area contributed by atoms with Crippen LogP contribution in [0.5, 0.6) is 0 Å². The Hall–Kier alpha value is -1.95. The van der Waals surface area contributed by atoms with E-state index >= 15 is 0 Å². The summed E-state index contributed by atoms with van der Waals surface area (Å²) in [6.07, 6.45) is 5.03. The molecule has 2 N–H and O–H groups in total. The van der Waals surface area contributed by atoms with Gasteiger partial charge in [0.15, 0.2) is 0 Å². The summed E-state index contributed by atoms with van der Waals surface area (Å²) in [5, 5.41) is 9.19. The first-order valence-corrected chi connectivity index (χ1v) is 7.60. The van der Waals surface area contributed by atoms with Crippen molar-refractivity contribution in [2.45, 2.75) is 31.7 Å². The molecule has 5 nitrogen and oxygen atoms in total. The molecule has 0 atom stereocenters. The summed E-state index contributed by atoms with van der Waals surface area (Å²) < 4.78 is 13.7. The molecule has 1 heterocycles. The van der Waals surface area contributed by atoms with Gasteiger partial charge in [-0.3, -0.25) is 4.79 Å². The van der Waals surface area contributed by atoms with Crippen LogP contribution >= 0.6 is 0 Å². The Bertz CT molecular complexity index is 677. The molecule has 6 heteroatoms. The Labute approximate surface area is 128 Å². The molecule has 0 bridgehead atoms. The summed E-state index contributed by atoms with van der Waals surface area (Å²) in [5.74, 6) is -0.312. The molecule has 118 valence electrons. The fourth-order valence-electron chi connectivity index (χ4n) is 3.25. The molecule has 1 aromatic carbocycles. The zero-order valence-electron chi connectivity index (χ0n) is 12.6. The molecular formula is C16H20FN3O2. The van der Waals surface area contributed by atoms with Crippen molar-refractivity contribution in [1.29, 1.82) is 0 Å². The number of carbonyl (C=O) groups excluding carboxylic acids is 1. The second kappa shape index (κ2) is 6.04. The average Bonchev–Trinajstić information content (AvgIpc) is 3.01. The fraction of sp³-hybridized carbons (Fsp3) is 0.500. The van der Waals surface area contributed by atoms with Gasteiger partial charge in [0, 0.05) is 19.7 Å². The van der Waals surface area contributed by atoms with E-state index in [0.29, 0.717) is 22.5 Å². The summed E-state index contributed by atoms with van der Waals surface area (Å²) in [6.45, 7) is 0.210. The molecule has 1 aliphatic carbocycles. The lowest BCUT2D eigenvalue weighted by atomic mass is 9.86. The Morgan fingerprint density at radius 1 is 1.41 bits per heavy atom. The lowest BCUT2D eigenvalue weighted by Gasteiger charge is -2.34. The van der Waals surface area contributed by atoms with Gasteiger partial charge in [0.05, 0.1) is 17.4 Å². The predicted molar refractivity (Wildman–Crippen MR) is 81.0 cm³/mol. The van der Waals surface area contributed by atoms with Crippen molar-refractivity contribution in [2.75, 3.05) is 13.7 Å². The van der Waals surface area contributed by atoms with E-state index in [1.807, 2.05) is 0 Å². The first-order chi connectivity index (χ1) is 10.6. The first-order valence-electron chi connectivity index (χ1n) is 7.60. The number of nitrogens with one attached hydrogen (secondary N) is 1. The molecule has 0 unspecified atom stereocenters. The van der Waals surface area contributed by atoms with Gasteiger partial charge >= 0.3 is 0 Å². The third-order valence-corrected chi connectivity index (χ3v) is 4.66. The second-order valence-electron chi connectivity index (χ2n) is 6.03. The number of hydrogen-bond acceptors (Lipinski definition) is 3. The lowest BCUT2D eigenvalue weighted by molar-refractivity contribution is 0.0654. The van der Waals surface area contributed by atoms with Crippen LogP contribution in [-0.2, 0) is 0 Å². The highest BCUT2D eigenvalue weighted by atomic mass is 19.1. The minimum absolute atomic E-state index is 0.132. The number of halogens is 1. The number of benzene rings is 1. The third kappa shape index (κ3) is 2.70. The first kappa shape index (κ1) is 15.0. The molecule has 22 heavy (non-hydrogen) atoms. The number of carbonyl (C=O) groups is 1. The second-order valence-corrected chi connectivity index (χ2v) is 6.03. The highest BCUT2D eigenvalue weighted by Crippen LogP contribution is 2.28. The highest BCUT2D eigenvalue weighted by Gasteiger charge is 2.28. The summed E-state index contributed by atoms with van der Waals surface area (Å²) in [5.41, 5.74) is 1.33. The van der Waals surface area contributed by atoms with Crippen molar-refractivity contribution in [2.24, 2.45) is 5.92 Å². The molecule has 1 aromatic heterocycles. The average molecular weight is 305 g/mol. The van der Waals surface area contributed by atoms with Gasteiger partial charge in [0.25, 0.3) is 5.91 Å². The molecular weight excluding hydrogens is 285 g/mol. The number of aromatic amines is 1. The van der Waals surface area contributed by atoms with E-state index in [0.717, 1.165) is 25.7 Å². The number of aliphatic hydroxyl groups excluding tert-OH is 1. The molecule has 1 saturated carbocycles. The minimum atomic E-state index is -0.447. The van der Waals surface area contributed by atoms with E-state index in [2.05, 4.69) is 9.97 Å². The van der Waals surface area contributed by atoms with Crippen LogP contribution in [0.15, 0.2) is 18.5 Å². The maximum atomic E-state index is 13.7. The Morgan fingerprint density at radius 3 is 2.82 bits per heavy atom. The number of fused-ring (bicyclic) bond motifs is 1. The normalized spacial score (nSPS) is 22.0. The van der Waals surface area contributed by atoms with E-state index in [-0.39, 0.29) is 18.6 Å². The summed E-state index contributed by atoms with van der Waals surface area (Å²) in [4.78, 5) is 21.4. The number of aromatic nitrogens is 2. The molecule has 0 aliphatic heterocycles. The van der Waals surface area contributed by atoms with E-state index < -0.39 is 5.82 Å². The van der Waals surface area contributed by atoms with Crippen LogP contribution in [0.2, 0.25) is 0 Å². The standard InChI is InChI=1S/C16H20FN3O2/c1-20(12-4-2-10(8-21)3-5-12)16(22)13-6-11(17)7-14-15(13)19-9-18-14/h6-7,9-10,12,21H,2-5,8H2,1H3,(H,18,19). The molecule has 0 saturated heterocycles. The molecule has 1 fully saturated rings. The monoisotopic (exact) mass is 305 g/mol. The van der Waals surface area contributed by atoms with Gasteiger partial charge in [0.1, 0.15) is 11.3 Å². The number of hydrogen-bond donors (Lipinski definition) is 2. The van der Waals surface area contributed by atoms with Gasteiger partial charge in [-0.25, -0.2) is 9.37 Å². The topological polar surface area (TPSA) is 69.2 Å². The molecule has 3 rings (SSSR count). The van der Waals surface area contributed by atoms with Crippen LogP contribution in [0.25, 0.3) is 11.0 Å². The van der Waals surface area contributed by atoms with E-state index in [1.165, 1.54) is 18.5 Å². The van der Waals surface area contributed by atoms with Crippen LogP contribution in [0, 0.1) is 11.7 Å². The molecule has 1 amide bonds. The molecule has 1 aliphatic rings. The van der Waals surface area contributed by atoms with E-state index in [4.69, 9.17) is 0 Å². The summed E-state index contributed by atoms with van der Waals surface area (Å²) in [7, 11) is 1.76. The molecule has 2 aromatic rings. The Kier molecular flexibility index (Phi) is 4.11. The largest absolute Gasteiger partial charge is 0.396 e. The third-order valence-electron chi connectivity index (χ3n) is 4.66. The van der Waals surface area contributed by atoms with Crippen molar-refractivity contribution >= 4 is 16.9 Å². The van der Waals surface area contributed by atoms with Crippen molar-refractivity contribution in [3.8, 4) is 0 Å². The predicted octanol–water partition coefficient (Wildman–Crippen LogP) is 2.33. The quantitative estimate of drug-likeness (QED) is 0.914. The maximum Gasteiger partial charge on any atom is 0.256 e. The highest BCUT2D eigenvalue weighted by molar-refractivity contribution is 6.04. The van der Waals surface area contributed by atoms with Crippen LogP contribution < -0.4 is 0 Å². The zero-order chi connectivity index (χ0) is 15.7. The van der Waals surface area contributed by atoms with Gasteiger partial charge in [-0.2, -0.15) is 0 Å². The lowest BCUT2D eigenvalue weighted by Crippen LogP contribution is -2.40. The SMILES string of the molecule is CN(C(=O)c1cc(F)cc2[nH]cnc12)C1CCC(CO)CC1. The number of H-pyrrole nitrogens is 1. The minimum Gasteiger partial charge on any atom is -0.396 e. The van der Waals surface area contributed by atoms with Crippen molar-refractivity contribution in [3.63, 3.8) is 0 Å². The number of amides is 1. The van der Waals surface area contributed by atoms with Gasteiger partial charge in [0.2, 0.25) is 0 Å². The summed E-state index contributed by atoms with van der Waals surface area (Å²) in [6, 6.07) is 2.72. The number of imidazole rings is 1. The van der Waals surface area contributed by atoms with E-state index in [9.17, 15) is 14.3 Å². The van der Waals surface area contributed by atoms with Gasteiger partial charge in [-0.1, -0.05) is 0 Å².